The highest BCUT2D eigenvalue weighted by atomic mass is 16.5. The van der Waals surface area contributed by atoms with E-state index in [2.05, 4.69) is 24.8 Å². The third kappa shape index (κ3) is 2.89. The molecule has 2 atom stereocenters. The Balaban J connectivity index is 2.03. The number of nitrogens with zero attached hydrogens (tertiary/aromatic N) is 1. The van der Waals surface area contributed by atoms with Crippen molar-refractivity contribution in [1.82, 2.24) is 4.90 Å². The van der Waals surface area contributed by atoms with Crippen molar-refractivity contribution in [3.05, 3.63) is 23.2 Å². The summed E-state index contributed by atoms with van der Waals surface area (Å²) in [5, 5.41) is 0. The van der Waals surface area contributed by atoms with E-state index in [0.717, 1.165) is 36.8 Å². The van der Waals surface area contributed by atoms with E-state index in [4.69, 9.17) is 14.9 Å². The maximum absolute atomic E-state index is 5.73. The number of aryl methyl sites for hydroxylation is 1. The van der Waals surface area contributed by atoms with Crippen LogP contribution in [0, 0.1) is 6.92 Å². The van der Waals surface area contributed by atoms with Crippen LogP contribution in [0.4, 0.5) is 0 Å². The molecule has 0 bridgehead atoms. The molecule has 2 N–H and O–H groups in total. The lowest BCUT2D eigenvalue weighted by Crippen LogP contribution is -2.46. The van der Waals surface area contributed by atoms with Crippen molar-refractivity contribution >= 4 is 0 Å². The Kier molecular flexibility index (Phi) is 3.86. The first kappa shape index (κ1) is 12.6. The van der Waals surface area contributed by atoms with Gasteiger partial charge in [0.05, 0.1) is 19.3 Å². The number of furan rings is 1. The van der Waals surface area contributed by atoms with Gasteiger partial charge in [-0.1, -0.05) is 0 Å². The van der Waals surface area contributed by atoms with E-state index < -0.39 is 0 Å². The van der Waals surface area contributed by atoms with Crippen molar-refractivity contribution in [2.45, 2.75) is 46.0 Å². The van der Waals surface area contributed by atoms with Gasteiger partial charge in [0.15, 0.2) is 0 Å². The molecule has 4 heteroatoms. The van der Waals surface area contributed by atoms with E-state index in [-0.39, 0.29) is 0 Å². The Hall–Kier alpha value is -0.840. The Morgan fingerprint density at radius 3 is 2.88 bits per heavy atom. The lowest BCUT2D eigenvalue weighted by atomic mass is 10.2. The average Bonchev–Trinajstić information content (AvgIpc) is 2.64. The Morgan fingerprint density at radius 1 is 1.47 bits per heavy atom. The van der Waals surface area contributed by atoms with Gasteiger partial charge in [0, 0.05) is 24.7 Å². The van der Waals surface area contributed by atoms with E-state index in [1.807, 2.05) is 6.92 Å². The fraction of sp³-hybridized carbons (Fsp3) is 0.692. The largest absolute Gasteiger partial charge is 0.465 e. The molecule has 1 aliphatic heterocycles. The molecule has 1 aliphatic rings. The number of morpholine rings is 1. The Labute approximate surface area is 103 Å². The lowest BCUT2D eigenvalue weighted by molar-refractivity contribution is -0.0546. The van der Waals surface area contributed by atoms with Gasteiger partial charge < -0.3 is 14.9 Å². The maximum Gasteiger partial charge on any atom is 0.118 e. The highest BCUT2D eigenvalue weighted by molar-refractivity contribution is 5.20. The van der Waals surface area contributed by atoms with Crippen molar-refractivity contribution in [3.8, 4) is 0 Å². The summed E-state index contributed by atoms with van der Waals surface area (Å²) in [5.74, 6) is 1.94. The molecule has 0 radical (unpaired) electrons. The van der Waals surface area contributed by atoms with Gasteiger partial charge >= 0.3 is 0 Å². The maximum atomic E-state index is 5.73. The summed E-state index contributed by atoms with van der Waals surface area (Å²) in [7, 11) is 0. The van der Waals surface area contributed by atoms with Crippen LogP contribution in [-0.4, -0.2) is 30.2 Å². The van der Waals surface area contributed by atoms with Crippen LogP contribution in [0.3, 0.4) is 0 Å². The van der Waals surface area contributed by atoms with Gasteiger partial charge in [0.2, 0.25) is 0 Å². The number of ether oxygens (including phenoxy) is 1. The lowest BCUT2D eigenvalue weighted by Gasteiger charge is -2.36. The van der Waals surface area contributed by atoms with E-state index in [1.54, 1.807) is 0 Å². The van der Waals surface area contributed by atoms with E-state index >= 15 is 0 Å². The van der Waals surface area contributed by atoms with Crippen molar-refractivity contribution in [3.63, 3.8) is 0 Å². The Bertz CT molecular complexity index is 375. The van der Waals surface area contributed by atoms with Crippen molar-refractivity contribution in [1.29, 1.82) is 0 Å². The molecule has 1 aromatic rings. The van der Waals surface area contributed by atoms with E-state index in [0.29, 0.717) is 18.7 Å². The first-order valence-corrected chi connectivity index (χ1v) is 6.24. The third-order valence-corrected chi connectivity index (χ3v) is 3.39. The second-order valence-electron chi connectivity index (χ2n) is 4.92. The summed E-state index contributed by atoms with van der Waals surface area (Å²) < 4.78 is 11.3. The van der Waals surface area contributed by atoms with Gasteiger partial charge in [-0.25, -0.2) is 0 Å². The number of nitrogens with two attached hydrogens (primary N) is 1. The highest BCUT2D eigenvalue weighted by Gasteiger charge is 2.24. The summed E-state index contributed by atoms with van der Waals surface area (Å²) in [6.45, 7) is 9.41. The van der Waals surface area contributed by atoms with Gasteiger partial charge in [-0.05, 0) is 26.8 Å². The summed E-state index contributed by atoms with van der Waals surface area (Å²) >= 11 is 0. The van der Waals surface area contributed by atoms with Gasteiger partial charge in [0.1, 0.15) is 11.5 Å². The molecule has 0 amide bonds. The SMILES string of the molecule is Cc1oc(CN2CC(C)OCC2C)cc1CN. The van der Waals surface area contributed by atoms with Crippen LogP contribution >= 0.6 is 0 Å². The summed E-state index contributed by atoms with van der Waals surface area (Å²) in [6.07, 6.45) is 0.302. The van der Waals surface area contributed by atoms with Crippen LogP contribution in [0.2, 0.25) is 0 Å². The topological polar surface area (TPSA) is 51.6 Å². The molecule has 1 saturated heterocycles. The molecule has 1 aromatic heterocycles. The average molecular weight is 238 g/mol. The third-order valence-electron chi connectivity index (χ3n) is 3.39. The normalized spacial score (nSPS) is 26.4. The predicted octanol–water partition coefficient (Wildman–Crippen LogP) is 1.66. The first-order valence-electron chi connectivity index (χ1n) is 6.24. The molecule has 0 aliphatic carbocycles. The van der Waals surface area contributed by atoms with Crippen LogP contribution in [0.25, 0.3) is 0 Å². The zero-order valence-corrected chi connectivity index (χ0v) is 10.9. The second kappa shape index (κ2) is 5.21. The van der Waals surface area contributed by atoms with E-state index in [9.17, 15) is 0 Å². The van der Waals surface area contributed by atoms with Crippen molar-refractivity contribution in [2.75, 3.05) is 13.2 Å². The number of hydrogen-bond donors (Lipinski definition) is 1. The zero-order chi connectivity index (χ0) is 12.4. The van der Waals surface area contributed by atoms with Crippen LogP contribution in [0.1, 0.15) is 30.9 Å². The zero-order valence-electron chi connectivity index (χ0n) is 10.9. The molecule has 17 heavy (non-hydrogen) atoms. The van der Waals surface area contributed by atoms with Crippen LogP contribution in [-0.2, 0) is 17.8 Å². The van der Waals surface area contributed by atoms with Gasteiger partial charge in [-0.3, -0.25) is 4.90 Å². The monoisotopic (exact) mass is 238 g/mol. The van der Waals surface area contributed by atoms with Crippen LogP contribution < -0.4 is 5.73 Å². The minimum absolute atomic E-state index is 0.302. The molecule has 1 fully saturated rings. The predicted molar refractivity (Wildman–Crippen MR) is 66.6 cm³/mol. The quantitative estimate of drug-likeness (QED) is 0.870. The minimum Gasteiger partial charge on any atom is -0.465 e. The van der Waals surface area contributed by atoms with Gasteiger partial charge in [-0.15, -0.1) is 0 Å². The number of hydrogen-bond acceptors (Lipinski definition) is 4. The minimum atomic E-state index is 0.302. The first-order chi connectivity index (χ1) is 8.10. The number of rotatable bonds is 3. The van der Waals surface area contributed by atoms with Gasteiger partial charge in [-0.2, -0.15) is 0 Å². The Morgan fingerprint density at radius 2 is 2.24 bits per heavy atom. The van der Waals surface area contributed by atoms with Crippen molar-refractivity contribution in [2.24, 2.45) is 5.73 Å². The van der Waals surface area contributed by atoms with Crippen LogP contribution in [0.5, 0.6) is 0 Å². The van der Waals surface area contributed by atoms with Crippen LogP contribution in [0.15, 0.2) is 10.5 Å². The van der Waals surface area contributed by atoms with Crippen molar-refractivity contribution < 1.29 is 9.15 Å². The molecule has 0 aromatic carbocycles. The highest BCUT2D eigenvalue weighted by Crippen LogP contribution is 2.19. The smallest absolute Gasteiger partial charge is 0.118 e. The standard InChI is InChI=1S/C13H22N2O2/c1-9-8-16-10(2)6-15(9)7-13-4-12(5-14)11(3)17-13/h4,9-10H,5-8,14H2,1-3H3. The molecule has 0 saturated carbocycles. The molecule has 0 spiro atoms. The summed E-state index contributed by atoms with van der Waals surface area (Å²) in [5.41, 5.74) is 6.76. The second-order valence-corrected chi connectivity index (χ2v) is 4.92. The summed E-state index contributed by atoms with van der Waals surface area (Å²) in [6, 6.07) is 2.51. The molecule has 2 heterocycles. The molecule has 96 valence electrons. The molecule has 4 nitrogen and oxygen atoms in total. The van der Waals surface area contributed by atoms with E-state index in [1.165, 1.54) is 0 Å². The summed E-state index contributed by atoms with van der Waals surface area (Å²) in [4.78, 5) is 2.40. The molecule has 2 unspecified atom stereocenters. The van der Waals surface area contributed by atoms with Gasteiger partial charge in [0.25, 0.3) is 0 Å². The molecular weight excluding hydrogens is 216 g/mol. The molecule has 2 rings (SSSR count). The molecular formula is C13H22N2O2. The fourth-order valence-corrected chi connectivity index (χ4v) is 2.26. The fourth-order valence-electron chi connectivity index (χ4n) is 2.26.